The zero-order chi connectivity index (χ0) is 7.94. The van der Waals surface area contributed by atoms with Gasteiger partial charge < -0.3 is 4.74 Å². The average Bonchev–Trinajstić information content (AvgIpc) is 2.07. The van der Waals surface area contributed by atoms with Crippen LogP contribution in [0, 0.1) is 0 Å². The van der Waals surface area contributed by atoms with Gasteiger partial charge in [0.1, 0.15) is 0 Å². The molecule has 1 aliphatic heterocycles. The second kappa shape index (κ2) is 5.86. The van der Waals surface area contributed by atoms with E-state index in [0.29, 0.717) is 0 Å². The number of rotatable bonds is 4. The third-order valence-electron chi connectivity index (χ3n) is 1.86. The Morgan fingerprint density at radius 3 is 2.73 bits per heavy atom. The zero-order valence-corrected chi connectivity index (χ0v) is 8.03. The number of hydrogen-bond donors (Lipinski definition) is 0. The van der Waals surface area contributed by atoms with Crippen LogP contribution in [0.15, 0.2) is 0 Å². The van der Waals surface area contributed by atoms with Gasteiger partial charge in [-0.2, -0.15) is 11.8 Å². The van der Waals surface area contributed by atoms with Gasteiger partial charge in [0, 0.05) is 37.7 Å². The van der Waals surface area contributed by atoms with Gasteiger partial charge in [-0.3, -0.25) is 4.90 Å². The van der Waals surface area contributed by atoms with Gasteiger partial charge in [0.15, 0.2) is 0 Å². The van der Waals surface area contributed by atoms with Gasteiger partial charge in [-0.1, -0.05) is 0 Å². The van der Waals surface area contributed by atoms with Crippen molar-refractivity contribution in [1.82, 2.24) is 4.90 Å². The molecule has 0 atom stereocenters. The predicted octanol–water partition coefficient (Wildman–Crippen LogP) is 1.07. The van der Waals surface area contributed by atoms with Gasteiger partial charge in [0.2, 0.25) is 0 Å². The largest absolute Gasteiger partial charge is 0.380 e. The fourth-order valence-corrected chi connectivity index (χ4v) is 2.14. The molecule has 66 valence electrons. The maximum absolute atomic E-state index is 5.29. The smallest absolute Gasteiger partial charge is 0.0593 e. The Labute approximate surface area is 73.3 Å². The average molecular weight is 175 g/mol. The molecule has 1 aliphatic rings. The highest BCUT2D eigenvalue weighted by molar-refractivity contribution is 7.99. The summed E-state index contributed by atoms with van der Waals surface area (Å²) in [4.78, 5) is 2.48. The molecule has 0 radical (unpaired) electrons. The van der Waals surface area contributed by atoms with Crippen molar-refractivity contribution in [2.75, 3.05) is 44.4 Å². The summed E-state index contributed by atoms with van der Waals surface area (Å²) in [6.07, 6.45) is 0. The van der Waals surface area contributed by atoms with Crippen LogP contribution in [0.3, 0.4) is 0 Å². The Hall–Kier alpha value is 0.270. The molecule has 0 unspecified atom stereocenters. The van der Waals surface area contributed by atoms with Crippen LogP contribution in [-0.4, -0.2) is 49.3 Å². The number of hydrogen-bond acceptors (Lipinski definition) is 3. The van der Waals surface area contributed by atoms with E-state index in [0.717, 1.165) is 19.8 Å². The Kier molecular flexibility index (Phi) is 4.99. The van der Waals surface area contributed by atoms with E-state index >= 15 is 0 Å². The van der Waals surface area contributed by atoms with Crippen molar-refractivity contribution in [3.63, 3.8) is 0 Å². The molecular formula is C8H17NOS. The summed E-state index contributed by atoms with van der Waals surface area (Å²) in [5.74, 6) is 2.60. The maximum Gasteiger partial charge on any atom is 0.0593 e. The van der Waals surface area contributed by atoms with Crippen molar-refractivity contribution in [3.05, 3.63) is 0 Å². The van der Waals surface area contributed by atoms with E-state index in [2.05, 4.69) is 16.7 Å². The minimum Gasteiger partial charge on any atom is -0.380 e. The highest BCUT2D eigenvalue weighted by Crippen LogP contribution is 2.07. The number of nitrogens with zero attached hydrogens (tertiary/aromatic N) is 1. The summed E-state index contributed by atoms with van der Waals surface area (Å²) in [7, 11) is 0. The summed E-state index contributed by atoms with van der Waals surface area (Å²) in [5.41, 5.74) is 0. The van der Waals surface area contributed by atoms with Crippen LogP contribution in [-0.2, 0) is 4.74 Å². The van der Waals surface area contributed by atoms with Crippen LogP contribution in [0.1, 0.15) is 6.92 Å². The molecular weight excluding hydrogens is 158 g/mol. The van der Waals surface area contributed by atoms with Crippen LogP contribution < -0.4 is 0 Å². The van der Waals surface area contributed by atoms with E-state index in [1.807, 2.05) is 6.92 Å². The van der Waals surface area contributed by atoms with Gasteiger partial charge in [0.25, 0.3) is 0 Å². The van der Waals surface area contributed by atoms with Crippen LogP contribution in [0.4, 0.5) is 0 Å². The lowest BCUT2D eigenvalue weighted by Crippen LogP contribution is -2.35. The summed E-state index contributed by atoms with van der Waals surface area (Å²) in [5, 5.41) is 0. The first kappa shape index (κ1) is 9.36. The summed E-state index contributed by atoms with van der Waals surface area (Å²) >= 11 is 2.06. The molecule has 0 aromatic heterocycles. The van der Waals surface area contributed by atoms with Gasteiger partial charge in [-0.05, 0) is 6.92 Å². The maximum atomic E-state index is 5.29. The first-order valence-corrected chi connectivity index (χ1v) is 5.47. The van der Waals surface area contributed by atoms with Gasteiger partial charge in [-0.15, -0.1) is 0 Å². The van der Waals surface area contributed by atoms with Gasteiger partial charge in [-0.25, -0.2) is 0 Å². The standard InChI is InChI=1S/C8H17NOS/c1-2-10-6-3-9-4-7-11-8-5-9/h2-8H2,1H3. The van der Waals surface area contributed by atoms with Crippen molar-refractivity contribution in [1.29, 1.82) is 0 Å². The van der Waals surface area contributed by atoms with E-state index in [9.17, 15) is 0 Å². The Morgan fingerprint density at radius 1 is 1.36 bits per heavy atom. The minimum absolute atomic E-state index is 0.850. The lowest BCUT2D eigenvalue weighted by molar-refractivity contribution is 0.117. The molecule has 0 amide bonds. The molecule has 1 saturated heterocycles. The molecule has 1 heterocycles. The van der Waals surface area contributed by atoms with Crippen molar-refractivity contribution in [2.24, 2.45) is 0 Å². The first-order chi connectivity index (χ1) is 5.43. The van der Waals surface area contributed by atoms with E-state index < -0.39 is 0 Å². The molecule has 3 heteroatoms. The molecule has 0 aromatic rings. The first-order valence-electron chi connectivity index (χ1n) is 4.31. The fourth-order valence-electron chi connectivity index (χ4n) is 1.16. The third kappa shape index (κ3) is 3.99. The van der Waals surface area contributed by atoms with Crippen molar-refractivity contribution in [2.45, 2.75) is 6.92 Å². The summed E-state index contributed by atoms with van der Waals surface area (Å²) in [6.45, 7) is 7.42. The predicted molar refractivity (Wildman–Crippen MR) is 50.3 cm³/mol. The molecule has 11 heavy (non-hydrogen) atoms. The quantitative estimate of drug-likeness (QED) is 0.593. The Morgan fingerprint density at radius 2 is 2.09 bits per heavy atom. The second-order valence-electron chi connectivity index (χ2n) is 2.65. The van der Waals surface area contributed by atoms with Crippen LogP contribution in [0.5, 0.6) is 0 Å². The summed E-state index contributed by atoms with van der Waals surface area (Å²) in [6, 6.07) is 0. The van der Waals surface area contributed by atoms with E-state index in [-0.39, 0.29) is 0 Å². The molecule has 0 saturated carbocycles. The normalized spacial score (nSPS) is 20.5. The monoisotopic (exact) mass is 175 g/mol. The van der Waals surface area contributed by atoms with E-state index in [1.54, 1.807) is 0 Å². The van der Waals surface area contributed by atoms with Crippen LogP contribution in [0.25, 0.3) is 0 Å². The highest BCUT2D eigenvalue weighted by Gasteiger charge is 2.08. The van der Waals surface area contributed by atoms with E-state index in [1.165, 1.54) is 24.6 Å². The highest BCUT2D eigenvalue weighted by atomic mass is 32.2. The van der Waals surface area contributed by atoms with Crippen molar-refractivity contribution < 1.29 is 4.74 Å². The SMILES string of the molecule is CCOCCN1CCSCC1. The number of ether oxygens (including phenoxy) is 1. The molecule has 0 aromatic carbocycles. The second-order valence-corrected chi connectivity index (χ2v) is 3.88. The van der Waals surface area contributed by atoms with Crippen LogP contribution >= 0.6 is 11.8 Å². The molecule has 0 N–H and O–H groups in total. The van der Waals surface area contributed by atoms with Crippen LogP contribution in [0.2, 0.25) is 0 Å². The lowest BCUT2D eigenvalue weighted by atomic mass is 10.5. The van der Waals surface area contributed by atoms with E-state index in [4.69, 9.17) is 4.74 Å². The molecule has 0 bridgehead atoms. The fraction of sp³-hybridized carbons (Fsp3) is 1.00. The number of thioether (sulfide) groups is 1. The topological polar surface area (TPSA) is 12.5 Å². The lowest BCUT2D eigenvalue weighted by Gasteiger charge is -2.25. The molecule has 0 spiro atoms. The Bertz CT molecular complexity index is 94.1. The van der Waals surface area contributed by atoms with Gasteiger partial charge in [0.05, 0.1) is 6.61 Å². The van der Waals surface area contributed by atoms with Crippen molar-refractivity contribution in [3.8, 4) is 0 Å². The molecule has 0 aliphatic carbocycles. The van der Waals surface area contributed by atoms with Gasteiger partial charge >= 0.3 is 0 Å². The zero-order valence-electron chi connectivity index (χ0n) is 7.21. The summed E-state index contributed by atoms with van der Waals surface area (Å²) < 4.78 is 5.29. The molecule has 2 nitrogen and oxygen atoms in total. The minimum atomic E-state index is 0.850. The molecule has 1 rings (SSSR count). The van der Waals surface area contributed by atoms with Crippen molar-refractivity contribution >= 4 is 11.8 Å². The Balaban J connectivity index is 1.96. The molecule has 1 fully saturated rings. The third-order valence-corrected chi connectivity index (χ3v) is 2.80.